The summed E-state index contributed by atoms with van der Waals surface area (Å²) in [6.45, 7) is 1.94. The molecule has 1 aliphatic rings. The average molecular weight is 473 g/mol. The maximum Gasteiger partial charge on any atom is 0.325 e. The maximum atomic E-state index is 13.6. The van der Waals surface area contributed by atoms with E-state index in [1.165, 1.54) is 4.90 Å². The number of imide groups is 1. The molecule has 1 fully saturated rings. The molecular weight excluding hydrogens is 444 g/mol. The summed E-state index contributed by atoms with van der Waals surface area (Å²) in [5.41, 5.74) is 8.12. The van der Waals surface area contributed by atoms with Crippen molar-refractivity contribution in [1.29, 1.82) is 0 Å². The quantitative estimate of drug-likeness (QED) is 0.510. The van der Waals surface area contributed by atoms with Gasteiger partial charge >= 0.3 is 6.03 Å². The van der Waals surface area contributed by atoms with Crippen LogP contribution in [0, 0.1) is 5.92 Å². The third-order valence-corrected chi connectivity index (χ3v) is 6.28. The molecule has 9 nitrogen and oxygen atoms in total. The Balaban J connectivity index is 1.59. The number of nitrogens with two attached hydrogens (primary N) is 1. The first-order valence-electron chi connectivity index (χ1n) is 11.5. The molecule has 1 aromatic carbocycles. The van der Waals surface area contributed by atoms with E-state index in [2.05, 4.69) is 15.3 Å². The monoisotopic (exact) mass is 472 g/mol. The van der Waals surface area contributed by atoms with Crippen LogP contribution in [-0.2, 0) is 16.0 Å². The summed E-state index contributed by atoms with van der Waals surface area (Å²) in [4.78, 5) is 50.6. The van der Waals surface area contributed by atoms with Gasteiger partial charge in [-0.15, -0.1) is 0 Å². The number of benzene rings is 1. The first-order chi connectivity index (χ1) is 16.9. The fraction of sp³-hybridized carbons (Fsp3) is 0.269. The van der Waals surface area contributed by atoms with Gasteiger partial charge in [0.15, 0.2) is 0 Å². The van der Waals surface area contributed by atoms with Crippen LogP contribution >= 0.6 is 0 Å². The topological polar surface area (TPSA) is 122 Å². The van der Waals surface area contributed by atoms with Crippen LogP contribution in [0.2, 0.25) is 0 Å². The van der Waals surface area contributed by atoms with Gasteiger partial charge < -0.3 is 16.0 Å². The number of likely N-dealkylation sites (N-methyl/N-ethyl adjacent to an activating group) is 1. The summed E-state index contributed by atoms with van der Waals surface area (Å²) >= 11 is 0. The minimum Gasteiger partial charge on any atom is -0.384 e. The molecule has 0 radical (unpaired) electrons. The van der Waals surface area contributed by atoms with Gasteiger partial charge in [-0.2, -0.15) is 0 Å². The third-order valence-electron chi connectivity index (χ3n) is 6.28. The Bertz CT molecular complexity index is 1200. The minimum atomic E-state index is -0.947. The zero-order valence-corrected chi connectivity index (χ0v) is 19.7. The van der Waals surface area contributed by atoms with E-state index < -0.39 is 23.9 Å². The lowest BCUT2D eigenvalue weighted by Gasteiger charge is -2.46. The SMILES string of the molecule is CC[C@@H](NC(=O)N1C(=O)[C@H](Cc2ccnc(N)c2)[C@H]1C(=O)N(C)c1ccccc1)c1ccncc1. The predicted octanol–water partition coefficient (Wildman–Crippen LogP) is 2.95. The largest absolute Gasteiger partial charge is 0.384 e. The summed E-state index contributed by atoms with van der Waals surface area (Å²) < 4.78 is 0. The summed E-state index contributed by atoms with van der Waals surface area (Å²) in [6.07, 6.45) is 5.74. The molecule has 4 amide bonds. The smallest absolute Gasteiger partial charge is 0.325 e. The highest BCUT2D eigenvalue weighted by Crippen LogP contribution is 2.33. The van der Waals surface area contributed by atoms with Gasteiger partial charge in [0.2, 0.25) is 5.91 Å². The number of likely N-dealkylation sites (tertiary alicyclic amines) is 1. The van der Waals surface area contributed by atoms with Gasteiger partial charge in [0.05, 0.1) is 12.0 Å². The molecule has 4 rings (SSSR count). The molecule has 9 heteroatoms. The van der Waals surface area contributed by atoms with Gasteiger partial charge in [0.1, 0.15) is 11.9 Å². The lowest BCUT2D eigenvalue weighted by atomic mass is 9.81. The van der Waals surface area contributed by atoms with Crippen molar-refractivity contribution in [1.82, 2.24) is 20.2 Å². The van der Waals surface area contributed by atoms with Crippen LogP contribution < -0.4 is 16.0 Å². The number of nitrogens with one attached hydrogen (secondary N) is 1. The summed E-state index contributed by atoms with van der Waals surface area (Å²) in [6, 6.07) is 14.3. The molecule has 0 unspecified atom stereocenters. The number of hydrogen-bond acceptors (Lipinski definition) is 6. The highest BCUT2D eigenvalue weighted by molar-refractivity contribution is 6.12. The lowest BCUT2D eigenvalue weighted by Crippen LogP contribution is -2.70. The Labute approximate surface area is 204 Å². The van der Waals surface area contributed by atoms with Crippen molar-refractivity contribution in [2.24, 2.45) is 5.92 Å². The Morgan fingerprint density at radius 2 is 1.83 bits per heavy atom. The van der Waals surface area contributed by atoms with E-state index in [9.17, 15) is 14.4 Å². The molecule has 0 bridgehead atoms. The normalized spacial score (nSPS) is 17.9. The molecule has 180 valence electrons. The first kappa shape index (κ1) is 23.9. The Morgan fingerprint density at radius 3 is 2.49 bits per heavy atom. The average Bonchev–Trinajstić information content (AvgIpc) is 2.89. The van der Waals surface area contributed by atoms with E-state index in [-0.39, 0.29) is 18.4 Å². The van der Waals surface area contributed by atoms with Gasteiger partial charge in [-0.1, -0.05) is 25.1 Å². The lowest BCUT2D eigenvalue weighted by molar-refractivity contribution is -0.156. The fourth-order valence-corrected chi connectivity index (χ4v) is 4.34. The number of rotatable bonds is 7. The van der Waals surface area contributed by atoms with E-state index in [1.54, 1.807) is 49.9 Å². The number of nitrogens with zero attached hydrogens (tertiary/aromatic N) is 4. The molecule has 3 heterocycles. The number of nitrogen functional groups attached to an aromatic ring is 1. The number of carbonyl (C=O) groups is 3. The van der Waals surface area contributed by atoms with Crippen molar-refractivity contribution in [3.05, 3.63) is 84.3 Å². The van der Waals surface area contributed by atoms with Crippen molar-refractivity contribution in [3.8, 4) is 0 Å². The fourth-order valence-electron chi connectivity index (χ4n) is 4.34. The van der Waals surface area contributed by atoms with E-state index in [0.717, 1.165) is 16.0 Å². The summed E-state index contributed by atoms with van der Waals surface area (Å²) in [5, 5.41) is 2.91. The molecular formula is C26H28N6O3. The van der Waals surface area contributed by atoms with Crippen molar-refractivity contribution in [2.45, 2.75) is 31.8 Å². The summed E-state index contributed by atoms with van der Waals surface area (Å²) in [5.74, 6) is -1.10. The first-order valence-corrected chi connectivity index (χ1v) is 11.5. The number of urea groups is 1. The number of anilines is 2. The summed E-state index contributed by atoms with van der Waals surface area (Å²) in [7, 11) is 1.64. The molecule has 2 aromatic heterocycles. The highest BCUT2D eigenvalue weighted by atomic mass is 16.2. The standard InChI is InChI=1S/C26H28N6O3/c1-3-21(18-10-12-28-13-11-18)30-26(35)32-23(25(34)31(2)19-7-5-4-6-8-19)20(24(32)33)15-17-9-14-29-22(27)16-17/h4-14,16,20-21,23H,3,15H2,1-2H3,(H2,27,29)(H,30,35)/t20-,21-,23+/m1/s1. The van der Waals surface area contributed by atoms with Crippen LogP contribution in [0.25, 0.3) is 0 Å². The van der Waals surface area contributed by atoms with E-state index in [0.29, 0.717) is 17.9 Å². The molecule has 0 aliphatic carbocycles. The van der Waals surface area contributed by atoms with Crippen LogP contribution in [0.3, 0.4) is 0 Å². The van der Waals surface area contributed by atoms with E-state index >= 15 is 0 Å². The number of amides is 4. The number of aromatic nitrogens is 2. The maximum absolute atomic E-state index is 13.6. The zero-order valence-electron chi connectivity index (χ0n) is 19.7. The van der Waals surface area contributed by atoms with E-state index in [1.807, 2.05) is 37.3 Å². The Kier molecular flexibility index (Phi) is 7.05. The van der Waals surface area contributed by atoms with Crippen molar-refractivity contribution >= 4 is 29.4 Å². The van der Waals surface area contributed by atoms with Crippen LogP contribution in [0.15, 0.2) is 73.2 Å². The molecule has 3 N–H and O–H groups in total. The van der Waals surface area contributed by atoms with Crippen LogP contribution in [0.4, 0.5) is 16.3 Å². The minimum absolute atomic E-state index is 0.274. The van der Waals surface area contributed by atoms with Gasteiger partial charge in [0, 0.05) is 31.3 Å². The molecule has 3 aromatic rings. The zero-order chi connectivity index (χ0) is 24.9. The van der Waals surface area contributed by atoms with Crippen molar-refractivity contribution in [2.75, 3.05) is 17.7 Å². The number of carbonyl (C=O) groups excluding carboxylic acids is 3. The van der Waals surface area contributed by atoms with E-state index in [4.69, 9.17) is 5.73 Å². The van der Waals surface area contributed by atoms with Gasteiger partial charge in [-0.05, 0) is 60.4 Å². The molecule has 1 saturated heterocycles. The second kappa shape index (κ2) is 10.3. The molecule has 35 heavy (non-hydrogen) atoms. The Hall–Kier alpha value is -4.27. The van der Waals surface area contributed by atoms with Gasteiger partial charge in [0.25, 0.3) is 5.91 Å². The second-order valence-electron chi connectivity index (χ2n) is 8.48. The number of β-lactam (4-membered cyclic amide) rings is 1. The van der Waals surface area contributed by atoms with Crippen LogP contribution in [-0.4, -0.2) is 45.8 Å². The molecule has 3 atom stereocenters. The Morgan fingerprint density at radius 1 is 1.11 bits per heavy atom. The van der Waals surface area contributed by atoms with Crippen molar-refractivity contribution < 1.29 is 14.4 Å². The molecule has 0 spiro atoms. The second-order valence-corrected chi connectivity index (χ2v) is 8.48. The number of pyridine rings is 2. The third kappa shape index (κ3) is 4.98. The number of hydrogen-bond donors (Lipinski definition) is 2. The van der Waals surface area contributed by atoms with Gasteiger partial charge in [-0.25, -0.2) is 9.78 Å². The molecule has 1 aliphatic heterocycles. The predicted molar refractivity (Wildman–Crippen MR) is 132 cm³/mol. The van der Waals surface area contributed by atoms with Gasteiger partial charge in [-0.3, -0.25) is 19.5 Å². The van der Waals surface area contributed by atoms with Crippen LogP contribution in [0.1, 0.15) is 30.5 Å². The van der Waals surface area contributed by atoms with Crippen LogP contribution in [0.5, 0.6) is 0 Å². The number of para-hydroxylation sites is 1. The highest BCUT2D eigenvalue weighted by Gasteiger charge is 2.55. The van der Waals surface area contributed by atoms with Crippen molar-refractivity contribution in [3.63, 3.8) is 0 Å². The molecule has 0 saturated carbocycles.